The number of para-hydroxylation sites is 1. The average molecular weight is 352 g/mol. The van der Waals surface area contributed by atoms with Crippen molar-refractivity contribution >= 4 is 23.1 Å². The summed E-state index contributed by atoms with van der Waals surface area (Å²) in [6.07, 6.45) is 5.88. The van der Waals surface area contributed by atoms with Gasteiger partial charge in [-0.05, 0) is 37.1 Å². The highest BCUT2D eigenvalue weighted by Gasteiger charge is 2.39. The molecule has 2 aliphatic heterocycles. The molecule has 0 spiro atoms. The highest BCUT2D eigenvalue weighted by molar-refractivity contribution is 6.31. The van der Waals surface area contributed by atoms with Gasteiger partial charge in [0.25, 0.3) is 0 Å². The number of fused-ring (bicyclic) bond motifs is 5. The molecule has 0 bridgehead atoms. The van der Waals surface area contributed by atoms with Crippen LogP contribution in [0, 0.1) is 0 Å². The van der Waals surface area contributed by atoms with E-state index < -0.39 is 0 Å². The minimum absolute atomic E-state index is 0.158. The molecule has 0 aliphatic carbocycles. The zero-order valence-corrected chi connectivity index (χ0v) is 14.4. The highest BCUT2D eigenvalue weighted by atomic mass is 35.5. The van der Waals surface area contributed by atoms with Crippen LogP contribution in [0.2, 0.25) is 5.15 Å². The molecule has 0 radical (unpaired) electrons. The summed E-state index contributed by atoms with van der Waals surface area (Å²) >= 11 is 6.48. The molecular weight excluding hydrogens is 334 g/mol. The molecule has 3 aromatic rings. The predicted octanol–water partition coefficient (Wildman–Crippen LogP) is 4.06. The fourth-order valence-electron chi connectivity index (χ4n) is 4.10. The molecule has 1 aromatic carbocycles. The summed E-state index contributed by atoms with van der Waals surface area (Å²) in [6.45, 7) is 0.989. The molecule has 6 heteroatoms. The Morgan fingerprint density at radius 2 is 1.96 bits per heavy atom. The van der Waals surface area contributed by atoms with Gasteiger partial charge < -0.3 is 14.8 Å². The van der Waals surface area contributed by atoms with Gasteiger partial charge in [-0.3, -0.25) is 0 Å². The van der Waals surface area contributed by atoms with Gasteiger partial charge in [-0.1, -0.05) is 29.8 Å². The Kier molecular flexibility index (Phi) is 3.41. The maximum Gasteiger partial charge on any atom is 0.158 e. The quantitative estimate of drug-likeness (QED) is 0.707. The second-order valence-corrected chi connectivity index (χ2v) is 6.89. The Labute approximate surface area is 151 Å². The molecule has 2 aliphatic rings. The fraction of sp³-hybridized carbons (Fsp3) is 0.263. The van der Waals surface area contributed by atoms with Crippen molar-refractivity contribution < 1.29 is 0 Å². The van der Waals surface area contributed by atoms with Crippen molar-refractivity contribution in [1.29, 1.82) is 0 Å². The first-order valence-electron chi connectivity index (χ1n) is 8.59. The zero-order valence-electron chi connectivity index (χ0n) is 13.6. The van der Waals surface area contributed by atoms with Crippen molar-refractivity contribution in [1.82, 2.24) is 14.5 Å². The molecule has 4 heterocycles. The van der Waals surface area contributed by atoms with Crippen LogP contribution < -0.4 is 10.2 Å². The second kappa shape index (κ2) is 5.77. The van der Waals surface area contributed by atoms with Crippen LogP contribution in [0.4, 0.5) is 11.5 Å². The summed E-state index contributed by atoms with van der Waals surface area (Å²) in [5.74, 6) is 0.928. The van der Waals surface area contributed by atoms with E-state index >= 15 is 0 Å². The van der Waals surface area contributed by atoms with Crippen LogP contribution in [0.3, 0.4) is 0 Å². The van der Waals surface area contributed by atoms with Crippen LogP contribution in [0.1, 0.15) is 24.6 Å². The third-order valence-electron chi connectivity index (χ3n) is 5.15. The molecule has 25 heavy (non-hydrogen) atoms. The van der Waals surface area contributed by atoms with Crippen LogP contribution in [0.5, 0.6) is 0 Å². The number of benzene rings is 1. The van der Waals surface area contributed by atoms with E-state index in [1.54, 1.807) is 6.33 Å². The Balaban J connectivity index is 1.69. The normalized spacial score (nSPS) is 21.2. The van der Waals surface area contributed by atoms with Crippen LogP contribution >= 0.6 is 11.6 Å². The van der Waals surface area contributed by atoms with E-state index in [1.165, 1.54) is 5.69 Å². The largest absolute Gasteiger partial charge is 0.375 e. The van der Waals surface area contributed by atoms with E-state index in [1.807, 2.05) is 12.3 Å². The summed E-state index contributed by atoms with van der Waals surface area (Å²) in [4.78, 5) is 11.2. The van der Waals surface area contributed by atoms with Crippen molar-refractivity contribution in [2.45, 2.75) is 24.9 Å². The summed E-state index contributed by atoms with van der Waals surface area (Å²) in [7, 11) is 0. The third kappa shape index (κ3) is 2.30. The number of anilines is 2. The topological polar surface area (TPSA) is 46.0 Å². The van der Waals surface area contributed by atoms with Gasteiger partial charge in [0, 0.05) is 24.1 Å². The molecule has 0 saturated carbocycles. The molecule has 126 valence electrons. The van der Waals surface area contributed by atoms with Crippen LogP contribution in [-0.4, -0.2) is 27.1 Å². The summed E-state index contributed by atoms with van der Waals surface area (Å²) in [5.41, 5.74) is 3.19. The summed E-state index contributed by atoms with van der Waals surface area (Å²) < 4.78 is 2.14. The lowest BCUT2D eigenvalue weighted by Crippen LogP contribution is -2.37. The zero-order chi connectivity index (χ0) is 16.8. The van der Waals surface area contributed by atoms with E-state index in [9.17, 15) is 0 Å². The van der Waals surface area contributed by atoms with E-state index in [-0.39, 0.29) is 6.04 Å². The number of nitrogens with one attached hydrogen (secondary N) is 1. The van der Waals surface area contributed by atoms with E-state index in [0.717, 1.165) is 36.6 Å². The third-order valence-corrected chi connectivity index (χ3v) is 5.43. The maximum atomic E-state index is 6.48. The van der Waals surface area contributed by atoms with E-state index in [2.05, 4.69) is 61.1 Å². The van der Waals surface area contributed by atoms with Crippen LogP contribution in [0.15, 0.2) is 55.0 Å². The lowest BCUT2D eigenvalue weighted by Gasteiger charge is -2.31. The van der Waals surface area contributed by atoms with Crippen molar-refractivity contribution in [3.05, 3.63) is 65.8 Å². The lowest BCUT2D eigenvalue weighted by molar-refractivity contribution is 0.565. The SMILES string of the molecule is Clc1ncnc2c1-n1cccc1[C@H](Nc1ccccc1)[C@@H]1CCCN21. The van der Waals surface area contributed by atoms with Gasteiger partial charge in [0.05, 0.1) is 12.1 Å². The first kappa shape index (κ1) is 14.8. The lowest BCUT2D eigenvalue weighted by atomic mass is 10.0. The molecule has 0 amide bonds. The number of hydrogen-bond donors (Lipinski definition) is 1. The Bertz CT molecular complexity index is 907. The first-order valence-corrected chi connectivity index (χ1v) is 8.97. The molecule has 0 unspecified atom stereocenters. The van der Waals surface area contributed by atoms with Crippen LogP contribution in [-0.2, 0) is 0 Å². The molecule has 5 nitrogen and oxygen atoms in total. The van der Waals surface area contributed by atoms with Crippen molar-refractivity contribution in [3.63, 3.8) is 0 Å². The average Bonchev–Trinajstić information content (AvgIpc) is 3.28. The number of hydrogen-bond acceptors (Lipinski definition) is 4. The number of rotatable bonds is 2. The summed E-state index contributed by atoms with van der Waals surface area (Å²) in [5, 5.41) is 4.23. The minimum Gasteiger partial charge on any atom is -0.375 e. The molecule has 2 atom stereocenters. The van der Waals surface area contributed by atoms with Gasteiger partial charge in [0.1, 0.15) is 12.0 Å². The molecule has 2 aromatic heterocycles. The van der Waals surface area contributed by atoms with Gasteiger partial charge in [-0.2, -0.15) is 0 Å². The maximum absolute atomic E-state index is 6.48. The van der Waals surface area contributed by atoms with Crippen molar-refractivity contribution in [2.24, 2.45) is 0 Å². The number of aromatic nitrogens is 3. The van der Waals surface area contributed by atoms with E-state index in [4.69, 9.17) is 11.6 Å². The standard InChI is InChI=1S/C19H18ClN5/c20-18-17-19(22-12-21-18)25-11-5-9-15(25)16(14-8-4-10-24(14)17)23-13-6-2-1-3-7-13/h1-4,6-8,10,12,15-16,23H,5,9,11H2/t15-,16-/m0/s1. The Morgan fingerprint density at radius 1 is 1.08 bits per heavy atom. The Morgan fingerprint density at radius 3 is 2.84 bits per heavy atom. The number of halogens is 1. The highest BCUT2D eigenvalue weighted by Crippen LogP contribution is 2.42. The monoisotopic (exact) mass is 351 g/mol. The Hall–Kier alpha value is -2.53. The molecular formula is C19H18ClN5. The van der Waals surface area contributed by atoms with Crippen LogP contribution in [0.25, 0.3) is 5.69 Å². The minimum atomic E-state index is 0.158. The van der Waals surface area contributed by atoms with Gasteiger partial charge >= 0.3 is 0 Å². The second-order valence-electron chi connectivity index (χ2n) is 6.53. The van der Waals surface area contributed by atoms with E-state index in [0.29, 0.717) is 11.2 Å². The van der Waals surface area contributed by atoms with Gasteiger partial charge in [-0.25, -0.2) is 9.97 Å². The molecule has 1 fully saturated rings. The smallest absolute Gasteiger partial charge is 0.158 e. The van der Waals surface area contributed by atoms with Crippen molar-refractivity contribution in [3.8, 4) is 5.69 Å². The van der Waals surface area contributed by atoms with Crippen molar-refractivity contribution in [2.75, 3.05) is 16.8 Å². The van der Waals surface area contributed by atoms with Gasteiger partial charge in [0.2, 0.25) is 0 Å². The molecule has 5 rings (SSSR count). The summed E-state index contributed by atoms with van der Waals surface area (Å²) in [6, 6.07) is 15.1. The fourth-order valence-corrected chi connectivity index (χ4v) is 4.32. The molecule has 1 saturated heterocycles. The first-order chi connectivity index (χ1) is 12.3. The predicted molar refractivity (Wildman–Crippen MR) is 99.5 cm³/mol. The molecule has 1 N–H and O–H groups in total. The van der Waals surface area contributed by atoms with Gasteiger partial charge in [-0.15, -0.1) is 0 Å². The number of nitrogens with zero attached hydrogens (tertiary/aromatic N) is 4. The van der Waals surface area contributed by atoms with Gasteiger partial charge in [0.15, 0.2) is 11.0 Å².